The highest BCUT2D eigenvalue weighted by molar-refractivity contribution is 7.09. The van der Waals surface area contributed by atoms with Gasteiger partial charge in [-0.05, 0) is 30.5 Å². The molecular formula is C23H36N4O2S. The van der Waals surface area contributed by atoms with Gasteiger partial charge in [-0.2, -0.15) is 4.37 Å². The number of unbranched alkanes of at least 4 members (excludes halogenated alkanes) is 4. The molecular weight excluding hydrogens is 396 g/mol. The average molecular weight is 433 g/mol. The van der Waals surface area contributed by atoms with Crippen LogP contribution >= 0.6 is 11.5 Å². The van der Waals surface area contributed by atoms with Crippen molar-refractivity contribution in [3.63, 3.8) is 0 Å². The van der Waals surface area contributed by atoms with E-state index in [1.807, 2.05) is 18.2 Å². The van der Waals surface area contributed by atoms with Gasteiger partial charge in [0.05, 0.1) is 7.11 Å². The maximum absolute atomic E-state index is 12.2. The predicted molar refractivity (Wildman–Crippen MR) is 125 cm³/mol. The van der Waals surface area contributed by atoms with Crippen molar-refractivity contribution in [3.05, 3.63) is 35.7 Å². The molecule has 1 N–H and O–H groups in total. The lowest BCUT2D eigenvalue weighted by Crippen LogP contribution is -2.32. The molecule has 0 aliphatic heterocycles. The van der Waals surface area contributed by atoms with Gasteiger partial charge in [0.15, 0.2) is 0 Å². The Hall–Kier alpha value is -2.15. The second-order valence-corrected chi connectivity index (χ2v) is 8.25. The second kappa shape index (κ2) is 14.0. The minimum atomic E-state index is 0.120. The standard InChI is InChI=1S/C23H36N4O2S/c1-4-6-8-9-14-24-22(28)13-16-27(15-7-5-2)23-25-21(26-30-23)18-19-11-10-12-20(17-19)29-3/h10-12,17H,4-9,13-16,18H2,1-3H3,(H,24,28). The molecule has 1 aromatic heterocycles. The fourth-order valence-electron chi connectivity index (χ4n) is 3.17. The lowest BCUT2D eigenvalue weighted by molar-refractivity contribution is -0.120. The minimum Gasteiger partial charge on any atom is -0.497 e. The topological polar surface area (TPSA) is 67.4 Å². The van der Waals surface area contributed by atoms with Gasteiger partial charge in [-0.15, -0.1) is 0 Å². The van der Waals surface area contributed by atoms with Crippen molar-refractivity contribution in [1.29, 1.82) is 0 Å². The maximum Gasteiger partial charge on any atom is 0.221 e. The first-order valence-electron chi connectivity index (χ1n) is 11.1. The summed E-state index contributed by atoms with van der Waals surface area (Å²) in [6, 6.07) is 7.99. The number of rotatable bonds is 15. The Kier molecular flexibility index (Phi) is 11.2. The van der Waals surface area contributed by atoms with E-state index in [-0.39, 0.29) is 5.91 Å². The lowest BCUT2D eigenvalue weighted by Gasteiger charge is -2.20. The van der Waals surface area contributed by atoms with E-state index in [2.05, 4.69) is 34.5 Å². The van der Waals surface area contributed by atoms with Gasteiger partial charge >= 0.3 is 0 Å². The Bertz CT molecular complexity index is 750. The molecule has 0 saturated heterocycles. The van der Waals surface area contributed by atoms with Crippen molar-refractivity contribution in [3.8, 4) is 5.75 Å². The second-order valence-electron chi connectivity index (χ2n) is 7.52. The van der Waals surface area contributed by atoms with Crippen molar-refractivity contribution in [2.45, 2.75) is 65.2 Å². The molecule has 1 aromatic carbocycles. The number of amides is 1. The van der Waals surface area contributed by atoms with Crippen LogP contribution in [-0.2, 0) is 11.2 Å². The van der Waals surface area contributed by atoms with Crippen LogP contribution in [0.3, 0.4) is 0 Å². The van der Waals surface area contributed by atoms with Crippen molar-refractivity contribution in [1.82, 2.24) is 14.7 Å². The molecule has 166 valence electrons. The third kappa shape index (κ3) is 8.69. The maximum atomic E-state index is 12.2. The molecule has 30 heavy (non-hydrogen) atoms. The summed E-state index contributed by atoms with van der Waals surface area (Å²) in [6.45, 7) is 6.72. The highest BCUT2D eigenvalue weighted by Crippen LogP contribution is 2.21. The predicted octanol–water partition coefficient (Wildman–Crippen LogP) is 4.83. The number of benzene rings is 1. The van der Waals surface area contributed by atoms with Gasteiger partial charge in [-0.3, -0.25) is 4.79 Å². The molecule has 7 heteroatoms. The molecule has 0 aliphatic rings. The summed E-state index contributed by atoms with van der Waals surface area (Å²) in [5.41, 5.74) is 1.13. The first-order chi connectivity index (χ1) is 14.7. The Balaban J connectivity index is 1.89. The molecule has 0 aliphatic carbocycles. The first kappa shape index (κ1) is 24.1. The zero-order valence-electron chi connectivity index (χ0n) is 18.7. The summed E-state index contributed by atoms with van der Waals surface area (Å²) in [6.07, 6.45) is 8.02. The lowest BCUT2D eigenvalue weighted by atomic mass is 10.1. The van der Waals surface area contributed by atoms with Crippen molar-refractivity contribution in [2.24, 2.45) is 0 Å². The number of hydrogen-bond donors (Lipinski definition) is 1. The Morgan fingerprint density at radius 2 is 1.97 bits per heavy atom. The van der Waals surface area contributed by atoms with Gasteiger partial charge in [0.25, 0.3) is 0 Å². The van der Waals surface area contributed by atoms with Gasteiger partial charge in [0.2, 0.25) is 11.0 Å². The third-order valence-electron chi connectivity index (χ3n) is 4.97. The number of nitrogens with one attached hydrogen (secondary N) is 1. The van der Waals surface area contributed by atoms with Crippen LogP contribution in [0.2, 0.25) is 0 Å². The van der Waals surface area contributed by atoms with Crippen LogP contribution in [0.1, 0.15) is 70.2 Å². The number of carbonyl (C=O) groups is 1. The van der Waals surface area contributed by atoms with Crippen LogP contribution in [0, 0.1) is 0 Å². The van der Waals surface area contributed by atoms with Crippen molar-refractivity contribution >= 4 is 22.6 Å². The SMILES string of the molecule is CCCCCCNC(=O)CCN(CCCC)c1nc(Cc2cccc(OC)c2)ns1. The first-order valence-corrected chi connectivity index (χ1v) is 11.9. The monoisotopic (exact) mass is 432 g/mol. The quantitative estimate of drug-likeness (QED) is 0.408. The molecule has 0 unspecified atom stereocenters. The van der Waals surface area contributed by atoms with E-state index in [9.17, 15) is 4.79 Å². The fourth-order valence-corrected chi connectivity index (χ4v) is 3.90. The Morgan fingerprint density at radius 1 is 1.13 bits per heavy atom. The average Bonchev–Trinajstić information content (AvgIpc) is 3.22. The van der Waals surface area contributed by atoms with Gasteiger partial charge in [0, 0.05) is 44.0 Å². The van der Waals surface area contributed by atoms with Crippen LogP contribution in [0.5, 0.6) is 5.75 Å². The third-order valence-corrected chi connectivity index (χ3v) is 5.78. The summed E-state index contributed by atoms with van der Waals surface area (Å²) in [4.78, 5) is 19.2. The molecule has 0 atom stereocenters. The van der Waals surface area contributed by atoms with Crippen LogP contribution < -0.4 is 15.0 Å². The summed E-state index contributed by atoms with van der Waals surface area (Å²) in [5.74, 6) is 1.77. The molecule has 2 rings (SSSR count). The Labute approximate surface area is 185 Å². The minimum absolute atomic E-state index is 0.120. The van der Waals surface area contributed by atoms with Crippen LogP contribution in [0.25, 0.3) is 0 Å². The molecule has 2 aromatic rings. The molecule has 6 nitrogen and oxygen atoms in total. The number of carbonyl (C=O) groups excluding carboxylic acids is 1. The van der Waals surface area contributed by atoms with E-state index in [1.54, 1.807) is 7.11 Å². The van der Waals surface area contributed by atoms with Crippen LogP contribution in [0.4, 0.5) is 5.13 Å². The van der Waals surface area contributed by atoms with E-state index in [1.165, 1.54) is 30.8 Å². The number of methoxy groups -OCH3 is 1. The van der Waals surface area contributed by atoms with E-state index >= 15 is 0 Å². The summed E-state index contributed by atoms with van der Waals surface area (Å²) in [5, 5.41) is 3.94. The normalized spacial score (nSPS) is 10.8. The molecule has 1 amide bonds. The highest BCUT2D eigenvalue weighted by Gasteiger charge is 2.14. The van der Waals surface area contributed by atoms with Gasteiger partial charge in [0.1, 0.15) is 11.6 Å². The number of aromatic nitrogens is 2. The summed E-state index contributed by atoms with van der Waals surface area (Å²) < 4.78 is 9.85. The number of anilines is 1. The smallest absolute Gasteiger partial charge is 0.221 e. The molecule has 0 radical (unpaired) electrons. The van der Waals surface area contributed by atoms with Gasteiger partial charge in [-0.1, -0.05) is 51.7 Å². The Morgan fingerprint density at radius 3 is 2.73 bits per heavy atom. The molecule has 1 heterocycles. The van der Waals surface area contributed by atoms with Gasteiger partial charge < -0.3 is 15.0 Å². The zero-order valence-corrected chi connectivity index (χ0v) is 19.5. The number of ether oxygens (including phenoxy) is 1. The largest absolute Gasteiger partial charge is 0.497 e. The molecule has 0 saturated carbocycles. The van der Waals surface area contributed by atoms with E-state index in [4.69, 9.17) is 9.72 Å². The molecule has 0 bridgehead atoms. The van der Waals surface area contributed by atoms with E-state index in [0.717, 1.165) is 54.6 Å². The van der Waals surface area contributed by atoms with Crippen molar-refractivity contribution in [2.75, 3.05) is 31.6 Å². The summed E-state index contributed by atoms with van der Waals surface area (Å²) in [7, 11) is 1.67. The number of hydrogen-bond acceptors (Lipinski definition) is 6. The van der Waals surface area contributed by atoms with E-state index < -0.39 is 0 Å². The van der Waals surface area contributed by atoms with Crippen LogP contribution in [0.15, 0.2) is 24.3 Å². The highest BCUT2D eigenvalue weighted by atomic mass is 32.1. The number of nitrogens with zero attached hydrogens (tertiary/aromatic N) is 3. The fraction of sp³-hybridized carbons (Fsp3) is 0.609. The molecule has 0 spiro atoms. The van der Waals surface area contributed by atoms with Crippen molar-refractivity contribution < 1.29 is 9.53 Å². The van der Waals surface area contributed by atoms with Crippen LogP contribution in [-0.4, -0.2) is 42.0 Å². The van der Waals surface area contributed by atoms with Gasteiger partial charge in [-0.25, -0.2) is 4.98 Å². The van der Waals surface area contributed by atoms with E-state index in [0.29, 0.717) is 19.4 Å². The summed E-state index contributed by atoms with van der Waals surface area (Å²) >= 11 is 1.42. The zero-order chi connectivity index (χ0) is 21.6. The molecule has 0 fully saturated rings.